The van der Waals surface area contributed by atoms with E-state index in [1.807, 2.05) is 18.2 Å². The molecule has 1 aliphatic carbocycles. The van der Waals surface area contributed by atoms with Crippen LogP contribution in [0, 0.1) is 23.6 Å². The molecule has 6 nitrogen and oxygen atoms in total. The maximum atomic E-state index is 13.9. The fraction of sp³-hybridized carbons (Fsp3) is 0.444. The molecule has 8 heteroatoms. The number of methoxy groups -OCH3 is 2. The Kier molecular flexibility index (Phi) is 4.80. The van der Waals surface area contributed by atoms with Crippen molar-refractivity contribution in [2.45, 2.75) is 25.1 Å². The standard InChI is InChI=1S/C27H28FN3O3S/c1-32-22-6-4-18(23(11-22)33-2)13-31-26(25-9-17-3-5-21(28)10-24(17)35-25)29-34-27(31)19-7-16-8-20(27)15-30(12-16)14-19/h3-6,9-11,16,19-20H,7-8,12-15H2,1-2H3. The number of thiophene rings is 1. The van der Waals surface area contributed by atoms with E-state index >= 15 is 0 Å². The second-order valence-electron chi connectivity index (χ2n) is 10.3. The number of rotatable bonds is 5. The Labute approximate surface area is 207 Å². The average Bonchev–Trinajstić information content (AvgIpc) is 3.44. The molecule has 1 aromatic heterocycles. The summed E-state index contributed by atoms with van der Waals surface area (Å²) in [5.41, 5.74) is 0.599. The summed E-state index contributed by atoms with van der Waals surface area (Å²) in [6, 6.07) is 13.0. The van der Waals surface area contributed by atoms with Gasteiger partial charge in [-0.3, -0.25) is 0 Å². The molecule has 4 bridgehead atoms. The van der Waals surface area contributed by atoms with Gasteiger partial charge in [0.15, 0.2) is 5.84 Å². The van der Waals surface area contributed by atoms with Crippen LogP contribution in [0.5, 0.6) is 11.5 Å². The highest BCUT2D eigenvalue weighted by atomic mass is 32.1. The monoisotopic (exact) mass is 493 g/mol. The Morgan fingerprint density at radius 2 is 1.89 bits per heavy atom. The number of nitrogens with zero attached hydrogens (tertiary/aromatic N) is 3. The first-order chi connectivity index (χ1) is 17.1. The van der Waals surface area contributed by atoms with Crippen molar-refractivity contribution in [1.82, 2.24) is 9.80 Å². The fourth-order valence-electron chi connectivity index (χ4n) is 6.96. The van der Waals surface area contributed by atoms with Crippen molar-refractivity contribution in [2.24, 2.45) is 22.9 Å². The van der Waals surface area contributed by atoms with Gasteiger partial charge in [-0.05, 0) is 54.5 Å². The minimum absolute atomic E-state index is 0.220. The number of hydrogen-bond donors (Lipinski definition) is 0. The van der Waals surface area contributed by atoms with Gasteiger partial charge < -0.3 is 24.1 Å². The quantitative estimate of drug-likeness (QED) is 0.505. The number of piperidine rings is 3. The Balaban J connectivity index is 1.33. The Hall–Kier alpha value is -2.84. The van der Waals surface area contributed by atoms with E-state index in [-0.39, 0.29) is 5.82 Å². The molecule has 3 saturated heterocycles. The van der Waals surface area contributed by atoms with Gasteiger partial charge in [0.1, 0.15) is 17.3 Å². The molecule has 8 rings (SSSR count). The molecule has 35 heavy (non-hydrogen) atoms. The first-order valence-electron chi connectivity index (χ1n) is 12.2. The van der Waals surface area contributed by atoms with Gasteiger partial charge in [0.05, 0.1) is 25.6 Å². The van der Waals surface area contributed by atoms with Crippen molar-refractivity contribution >= 4 is 27.3 Å². The van der Waals surface area contributed by atoms with Gasteiger partial charge in [0.25, 0.3) is 0 Å². The summed E-state index contributed by atoms with van der Waals surface area (Å²) < 4.78 is 26.0. The van der Waals surface area contributed by atoms with Crippen LogP contribution in [0.4, 0.5) is 4.39 Å². The topological polar surface area (TPSA) is 46.5 Å². The molecule has 5 heterocycles. The number of amidine groups is 1. The van der Waals surface area contributed by atoms with Gasteiger partial charge in [-0.2, -0.15) is 0 Å². The van der Waals surface area contributed by atoms with Gasteiger partial charge in [0.2, 0.25) is 5.72 Å². The maximum Gasteiger partial charge on any atom is 0.219 e. The van der Waals surface area contributed by atoms with E-state index in [4.69, 9.17) is 19.5 Å². The molecule has 4 aliphatic heterocycles. The summed E-state index contributed by atoms with van der Waals surface area (Å²) in [6.07, 6.45) is 2.34. The molecule has 182 valence electrons. The maximum absolute atomic E-state index is 13.9. The minimum Gasteiger partial charge on any atom is -0.497 e. The summed E-state index contributed by atoms with van der Waals surface area (Å²) in [5.74, 6) is 3.71. The third-order valence-corrected chi connectivity index (χ3v) is 9.45. The average molecular weight is 494 g/mol. The predicted octanol–water partition coefficient (Wildman–Crippen LogP) is 4.92. The van der Waals surface area contributed by atoms with Crippen molar-refractivity contribution < 1.29 is 18.7 Å². The van der Waals surface area contributed by atoms with Crippen LogP contribution in [0.15, 0.2) is 47.6 Å². The summed E-state index contributed by atoms with van der Waals surface area (Å²) >= 11 is 1.57. The fourth-order valence-corrected chi connectivity index (χ4v) is 8.04. The number of halogens is 1. The molecule has 1 spiro atoms. The van der Waals surface area contributed by atoms with Gasteiger partial charge >= 0.3 is 0 Å². The molecule has 5 aliphatic rings. The predicted molar refractivity (Wildman–Crippen MR) is 133 cm³/mol. The number of benzene rings is 2. The lowest BCUT2D eigenvalue weighted by atomic mass is 9.62. The first-order valence-corrected chi connectivity index (χ1v) is 13.1. The normalized spacial score (nSPS) is 30.7. The summed E-state index contributed by atoms with van der Waals surface area (Å²) in [6.45, 7) is 3.92. The van der Waals surface area contributed by atoms with E-state index in [0.717, 1.165) is 56.9 Å². The summed E-state index contributed by atoms with van der Waals surface area (Å²) in [7, 11) is 3.36. The molecule has 0 amide bonds. The van der Waals surface area contributed by atoms with Crippen molar-refractivity contribution in [1.29, 1.82) is 0 Å². The second-order valence-corrected chi connectivity index (χ2v) is 11.3. The van der Waals surface area contributed by atoms with Crippen LogP contribution in [0.2, 0.25) is 0 Å². The Morgan fingerprint density at radius 3 is 2.63 bits per heavy atom. The molecule has 0 N–H and O–H groups in total. The zero-order chi connectivity index (χ0) is 23.7. The van der Waals surface area contributed by atoms with Gasteiger partial charge in [0, 0.05) is 47.8 Å². The molecule has 2 aromatic carbocycles. The van der Waals surface area contributed by atoms with Crippen LogP contribution in [-0.2, 0) is 11.4 Å². The van der Waals surface area contributed by atoms with E-state index in [9.17, 15) is 4.39 Å². The van der Waals surface area contributed by atoms with Crippen LogP contribution >= 0.6 is 11.3 Å². The second kappa shape index (κ2) is 7.83. The lowest BCUT2D eigenvalue weighted by Gasteiger charge is -2.61. The van der Waals surface area contributed by atoms with Gasteiger partial charge in [-0.25, -0.2) is 4.39 Å². The van der Waals surface area contributed by atoms with Crippen LogP contribution in [-0.4, -0.2) is 55.2 Å². The molecular formula is C27H28FN3O3S. The largest absolute Gasteiger partial charge is 0.497 e. The molecule has 4 fully saturated rings. The van der Waals surface area contributed by atoms with Crippen molar-refractivity contribution in [2.75, 3.05) is 33.9 Å². The molecule has 3 aromatic rings. The van der Waals surface area contributed by atoms with E-state index in [1.54, 1.807) is 31.6 Å². The van der Waals surface area contributed by atoms with E-state index in [2.05, 4.69) is 21.9 Å². The van der Waals surface area contributed by atoms with Crippen LogP contribution in [0.1, 0.15) is 23.3 Å². The molecule has 1 saturated carbocycles. The first kappa shape index (κ1) is 21.4. The molecule has 2 unspecified atom stereocenters. The third kappa shape index (κ3) is 3.19. The number of oxime groups is 1. The van der Waals surface area contributed by atoms with Crippen LogP contribution in [0.25, 0.3) is 10.1 Å². The zero-order valence-electron chi connectivity index (χ0n) is 19.9. The van der Waals surface area contributed by atoms with Gasteiger partial charge in [-0.15, -0.1) is 11.3 Å². The van der Waals surface area contributed by atoms with Crippen LogP contribution < -0.4 is 9.47 Å². The third-order valence-electron chi connectivity index (χ3n) is 8.36. The highest BCUT2D eigenvalue weighted by molar-refractivity contribution is 7.20. The smallest absolute Gasteiger partial charge is 0.219 e. The Morgan fingerprint density at radius 1 is 1.06 bits per heavy atom. The van der Waals surface area contributed by atoms with E-state index in [0.29, 0.717) is 18.4 Å². The van der Waals surface area contributed by atoms with E-state index < -0.39 is 5.72 Å². The van der Waals surface area contributed by atoms with Crippen molar-refractivity contribution in [3.63, 3.8) is 0 Å². The summed E-state index contributed by atoms with van der Waals surface area (Å²) in [5, 5.41) is 5.79. The SMILES string of the molecule is COc1ccc(CN2C(c3cc4ccc(F)cc4s3)=NOC23C2CC4CC3CN(C4)C2)c(OC)c1. The number of ether oxygens (including phenoxy) is 2. The highest BCUT2D eigenvalue weighted by Crippen LogP contribution is 2.55. The minimum atomic E-state index is -0.463. The lowest BCUT2D eigenvalue weighted by molar-refractivity contribution is -0.251. The van der Waals surface area contributed by atoms with Gasteiger partial charge in [-0.1, -0.05) is 11.2 Å². The lowest BCUT2D eigenvalue weighted by Crippen LogP contribution is -2.71. The van der Waals surface area contributed by atoms with Crippen LogP contribution in [0.3, 0.4) is 0 Å². The highest BCUT2D eigenvalue weighted by Gasteiger charge is 2.65. The molecule has 2 atom stereocenters. The van der Waals surface area contributed by atoms with Crippen molar-refractivity contribution in [3.8, 4) is 11.5 Å². The molecular weight excluding hydrogens is 465 g/mol. The summed E-state index contributed by atoms with van der Waals surface area (Å²) in [4.78, 5) is 12.6. The Bertz CT molecular complexity index is 1310. The number of fused-ring (bicyclic) bond motifs is 1. The van der Waals surface area contributed by atoms with E-state index in [1.165, 1.54) is 25.5 Å². The number of hydrogen-bond acceptors (Lipinski definition) is 7. The van der Waals surface area contributed by atoms with Crippen molar-refractivity contribution in [3.05, 3.63) is 58.7 Å². The molecule has 0 radical (unpaired) electrons. The zero-order valence-corrected chi connectivity index (χ0v) is 20.7.